The van der Waals surface area contributed by atoms with E-state index in [1.807, 2.05) is 30.3 Å². The Labute approximate surface area is 202 Å². The smallest absolute Gasteiger partial charge is 0.407 e. The van der Waals surface area contributed by atoms with Gasteiger partial charge < -0.3 is 29.6 Å². The molecule has 0 fully saturated rings. The minimum absolute atomic E-state index is 0.103. The molecular formula is C25H40N2O7. The molecule has 0 aromatic heterocycles. The normalized spacial score (nSPS) is 12.7. The Kier molecular flexibility index (Phi) is 13.6. The van der Waals surface area contributed by atoms with Gasteiger partial charge in [-0.15, -0.1) is 0 Å². The summed E-state index contributed by atoms with van der Waals surface area (Å²) in [5.74, 6) is -0.359. The van der Waals surface area contributed by atoms with Crippen LogP contribution in [-0.2, 0) is 30.4 Å². The van der Waals surface area contributed by atoms with Crippen molar-refractivity contribution in [2.24, 2.45) is 0 Å². The maximum Gasteiger partial charge on any atom is 0.407 e. The molecule has 192 valence electrons. The summed E-state index contributed by atoms with van der Waals surface area (Å²) in [5.41, 5.74) is -0.124. The van der Waals surface area contributed by atoms with Gasteiger partial charge in [-0.25, -0.2) is 9.59 Å². The first-order valence-corrected chi connectivity index (χ1v) is 11.2. The molecule has 1 aromatic rings. The van der Waals surface area contributed by atoms with Gasteiger partial charge in [0.25, 0.3) is 0 Å². The summed E-state index contributed by atoms with van der Waals surface area (Å²) < 4.78 is 15.3. The summed E-state index contributed by atoms with van der Waals surface area (Å²) in [5, 5.41) is 5.15. The molecule has 9 heteroatoms. The van der Waals surface area contributed by atoms with Crippen LogP contribution in [0, 0.1) is 0 Å². The predicted molar refractivity (Wildman–Crippen MR) is 129 cm³/mol. The van der Waals surface area contributed by atoms with Crippen molar-refractivity contribution in [1.82, 2.24) is 10.6 Å². The zero-order chi connectivity index (χ0) is 26.4. The molecule has 0 bridgehead atoms. The van der Waals surface area contributed by atoms with Gasteiger partial charge in [-0.05, 0) is 61.0 Å². The molecule has 0 radical (unpaired) electrons. The Morgan fingerprint density at radius 1 is 0.853 bits per heavy atom. The standard InChI is InChI=1S/C16H23NO4.C9H17NO3/c1-12(17-15(19)21-16(2,3)4)10-14(18)20-11-13-8-6-5-7-9-13;1-7(5-6-11)10-8(12)13-9(2,3)4/h5-9,12H,10-11H2,1-4H3,(H,17,19);6-7H,5H2,1-4H3,(H,10,12)/t12-;7-/m11/s1. The van der Waals surface area contributed by atoms with Crippen molar-refractivity contribution in [2.75, 3.05) is 0 Å². The van der Waals surface area contributed by atoms with Crippen molar-refractivity contribution < 1.29 is 33.4 Å². The van der Waals surface area contributed by atoms with E-state index in [2.05, 4.69) is 10.6 Å². The van der Waals surface area contributed by atoms with Crippen LogP contribution in [0.25, 0.3) is 0 Å². The maximum absolute atomic E-state index is 11.7. The Hall–Kier alpha value is -3.10. The molecule has 0 aliphatic rings. The highest BCUT2D eigenvalue weighted by molar-refractivity contribution is 5.72. The molecule has 2 amide bonds. The van der Waals surface area contributed by atoms with Crippen LogP contribution in [-0.4, -0.2) is 47.7 Å². The number of benzene rings is 1. The summed E-state index contributed by atoms with van der Waals surface area (Å²) in [7, 11) is 0. The van der Waals surface area contributed by atoms with Crippen LogP contribution < -0.4 is 10.6 Å². The first-order chi connectivity index (χ1) is 15.6. The molecular weight excluding hydrogens is 440 g/mol. The second-order valence-electron chi connectivity index (χ2n) is 9.85. The Morgan fingerprint density at radius 2 is 1.32 bits per heavy atom. The number of carbonyl (C=O) groups is 4. The van der Waals surface area contributed by atoms with Crippen LogP contribution in [0.3, 0.4) is 0 Å². The van der Waals surface area contributed by atoms with Gasteiger partial charge in [0.1, 0.15) is 24.1 Å². The fourth-order valence-corrected chi connectivity index (χ4v) is 2.32. The second-order valence-corrected chi connectivity index (χ2v) is 9.85. The Balaban J connectivity index is 0.000000722. The van der Waals surface area contributed by atoms with E-state index in [9.17, 15) is 19.2 Å². The summed E-state index contributed by atoms with van der Waals surface area (Å²) >= 11 is 0. The molecule has 0 saturated heterocycles. The van der Waals surface area contributed by atoms with Crippen LogP contribution >= 0.6 is 0 Å². The van der Waals surface area contributed by atoms with Gasteiger partial charge >= 0.3 is 18.2 Å². The molecule has 1 rings (SSSR count). The quantitative estimate of drug-likeness (QED) is 0.319. The van der Waals surface area contributed by atoms with E-state index in [0.717, 1.165) is 11.8 Å². The minimum Gasteiger partial charge on any atom is -0.461 e. The average Bonchev–Trinajstić information content (AvgIpc) is 2.64. The van der Waals surface area contributed by atoms with Crippen LogP contribution in [0.1, 0.15) is 73.8 Å². The zero-order valence-electron chi connectivity index (χ0n) is 21.6. The summed E-state index contributed by atoms with van der Waals surface area (Å²) in [6, 6.07) is 8.92. The SMILES string of the molecule is C[C@H](CC(=O)OCc1ccccc1)NC(=O)OC(C)(C)C.C[C@H](CC=O)NC(=O)OC(C)(C)C. The molecule has 9 nitrogen and oxygen atoms in total. The fourth-order valence-electron chi connectivity index (χ4n) is 2.32. The lowest BCUT2D eigenvalue weighted by atomic mass is 10.2. The lowest BCUT2D eigenvalue weighted by molar-refractivity contribution is -0.145. The number of rotatable bonds is 8. The monoisotopic (exact) mass is 480 g/mol. The molecule has 0 aliphatic carbocycles. The minimum atomic E-state index is -0.558. The van der Waals surface area contributed by atoms with E-state index >= 15 is 0 Å². The number of carbonyl (C=O) groups excluding carboxylic acids is 4. The molecule has 2 N–H and O–H groups in total. The third-order valence-corrected chi connectivity index (χ3v) is 3.69. The predicted octanol–water partition coefficient (Wildman–Crippen LogP) is 4.52. The molecule has 34 heavy (non-hydrogen) atoms. The van der Waals surface area contributed by atoms with E-state index in [1.165, 1.54) is 0 Å². The number of amides is 2. The third-order valence-electron chi connectivity index (χ3n) is 3.69. The van der Waals surface area contributed by atoms with Crippen LogP contribution in [0.4, 0.5) is 9.59 Å². The lowest BCUT2D eigenvalue weighted by Crippen LogP contribution is -2.38. The van der Waals surface area contributed by atoms with Crippen LogP contribution in [0.5, 0.6) is 0 Å². The van der Waals surface area contributed by atoms with Gasteiger partial charge in [0.05, 0.1) is 6.42 Å². The highest BCUT2D eigenvalue weighted by Crippen LogP contribution is 2.08. The maximum atomic E-state index is 11.7. The number of aldehydes is 1. The molecule has 0 unspecified atom stereocenters. The summed E-state index contributed by atoms with van der Waals surface area (Å²) in [6.45, 7) is 14.4. The molecule has 0 aliphatic heterocycles. The summed E-state index contributed by atoms with van der Waals surface area (Å²) in [6.07, 6.45) is 0.153. The number of esters is 1. The van der Waals surface area contributed by atoms with E-state index in [4.69, 9.17) is 14.2 Å². The number of alkyl carbamates (subject to hydrolysis) is 2. The highest BCUT2D eigenvalue weighted by atomic mass is 16.6. The zero-order valence-corrected chi connectivity index (χ0v) is 21.6. The number of ether oxygens (including phenoxy) is 3. The highest BCUT2D eigenvalue weighted by Gasteiger charge is 2.19. The van der Waals surface area contributed by atoms with Crippen LogP contribution in [0.2, 0.25) is 0 Å². The Bertz CT molecular complexity index is 768. The van der Waals surface area contributed by atoms with Crippen molar-refractivity contribution in [1.29, 1.82) is 0 Å². The van der Waals surface area contributed by atoms with Gasteiger partial charge in [0.15, 0.2) is 0 Å². The Morgan fingerprint density at radius 3 is 1.76 bits per heavy atom. The van der Waals surface area contributed by atoms with Crippen LogP contribution in [0.15, 0.2) is 30.3 Å². The fraction of sp³-hybridized carbons (Fsp3) is 0.600. The first kappa shape index (κ1) is 30.9. The first-order valence-electron chi connectivity index (χ1n) is 11.2. The molecule has 0 saturated carbocycles. The van der Waals surface area contributed by atoms with Gasteiger partial charge in [-0.2, -0.15) is 0 Å². The van der Waals surface area contributed by atoms with Crippen molar-refractivity contribution in [3.8, 4) is 0 Å². The van der Waals surface area contributed by atoms with E-state index in [0.29, 0.717) is 6.42 Å². The van der Waals surface area contributed by atoms with Gasteiger partial charge in [0.2, 0.25) is 0 Å². The third kappa shape index (κ3) is 18.5. The molecule has 2 atom stereocenters. The van der Waals surface area contributed by atoms with E-state index < -0.39 is 23.4 Å². The largest absolute Gasteiger partial charge is 0.461 e. The number of nitrogens with one attached hydrogen (secondary N) is 2. The summed E-state index contributed by atoms with van der Waals surface area (Å²) in [4.78, 5) is 44.4. The second kappa shape index (κ2) is 14.9. The van der Waals surface area contributed by atoms with Gasteiger partial charge in [-0.3, -0.25) is 4.79 Å². The molecule has 1 aromatic carbocycles. The lowest BCUT2D eigenvalue weighted by Gasteiger charge is -2.21. The number of hydrogen-bond donors (Lipinski definition) is 2. The van der Waals surface area contributed by atoms with Crippen molar-refractivity contribution in [3.05, 3.63) is 35.9 Å². The van der Waals surface area contributed by atoms with E-state index in [-0.39, 0.29) is 31.1 Å². The topological polar surface area (TPSA) is 120 Å². The van der Waals surface area contributed by atoms with Gasteiger partial charge in [0, 0.05) is 18.5 Å². The average molecular weight is 481 g/mol. The number of hydrogen-bond acceptors (Lipinski definition) is 7. The van der Waals surface area contributed by atoms with Crippen molar-refractivity contribution >= 4 is 24.4 Å². The van der Waals surface area contributed by atoms with Crippen molar-refractivity contribution in [2.45, 2.75) is 98.1 Å². The van der Waals surface area contributed by atoms with E-state index in [1.54, 1.807) is 55.4 Å². The molecule has 0 spiro atoms. The van der Waals surface area contributed by atoms with Gasteiger partial charge in [-0.1, -0.05) is 30.3 Å². The molecule has 0 heterocycles. The van der Waals surface area contributed by atoms with Crippen molar-refractivity contribution in [3.63, 3.8) is 0 Å².